The number of rotatable bonds is 4. The molecule has 25 heavy (non-hydrogen) atoms. The number of amides is 1. The Balaban J connectivity index is 1.38. The number of hydrogen-bond acceptors (Lipinski definition) is 4. The summed E-state index contributed by atoms with van der Waals surface area (Å²) in [5.41, 5.74) is 0.637. The highest BCUT2D eigenvalue weighted by molar-refractivity contribution is 6.32. The summed E-state index contributed by atoms with van der Waals surface area (Å²) in [6.07, 6.45) is 5.52. The van der Waals surface area contributed by atoms with E-state index in [0.717, 1.165) is 18.9 Å². The van der Waals surface area contributed by atoms with Crippen LogP contribution in [0, 0.1) is 5.92 Å². The first-order valence-corrected chi connectivity index (χ1v) is 8.96. The topological polar surface area (TPSA) is 54.5 Å². The third-order valence-electron chi connectivity index (χ3n) is 4.88. The van der Waals surface area contributed by atoms with Crippen LogP contribution < -0.4 is 10.1 Å². The lowest BCUT2D eigenvalue weighted by Crippen LogP contribution is -2.46. The van der Waals surface area contributed by atoms with Crippen LogP contribution in [0.4, 0.5) is 0 Å². The molecule has 3 atom stereocenters. The van der Waals surface area contributed by atoms with Gasteiger partial charge in [0.15, 0.2) is 5.75 Å². The highest BCUT2D eigenvalue weighted by Gasteiger charge is 2.32. The van der Waals surface area contributed by atoms with Crippen molar-refractivity contribution >= 4 is 17.5 Å². The molecule has 0 spiro atoms. The van der Waals surface area contributed by atoms with Gasteiger partial charge in [0.05, 0.1) is 11.2 Å². The van der Waals surface area contributed by atoms with E-state index in [1.165, 1.54) is 19.5 Å². The normalized spacial score (nSPS) is 24.8. The van der Waals surface area contributed by atoms with E-state index in [2.05, 4.69) is 15.2 Å². The SMILES string of the molecule is O=C(N[C@@H]1C[C@@H]2CCN(C2)C1)c1ccc(Oc2cnccc2Cl)cc1. The van der Waals surface area contributed by atoms with Gasteiger partial charge in [0, 0.05) is 30.9 Å². The molecule has 0 radical (unpaired) electrons. The van der Waals surface area contributed by atoms with Gasteiger partial charge in [-0.2, -0.15) is 0 Å². The van der Waals surface area contributed by atoms with Crippen LogP contribution in [-0.4, -0.2) is 41.5 Å². The van der Waals surface area contributed by atoms with E-state index in [4.69, 9.17) is 16.3 Å². The van der Waals surface area contributed by atoms with Crippen molar-refractivity contribution in [1.82, 2.24) is 15.2 Å². The van der Waals surface area contributed by atoms with E-state index in [0.29, 0.717) is 22.1 Å². The fourth-order valence-electron chi connectivity index (χ4n) is 3.67. The lowest BCUT2D eigenvalue weighted by molar-refractivity contribution is 0.0909. The highest BCUT2D eigenvalue weighted by atomic mass is 35.5. The van der Waals surface area contributed by atoms with Gasteiger partial charge in [-0.1, -0.05) is 11.6 Å². The average Bonchev–Trinajstić information content (AvgIpc) is 2.96. The highest BCUT2D eigenvalue weighted by Crippen LogP contribution is 2.29. The predicted molar refractivity (Wildman–Crippen MR) is 96.2 cm³/mol. The standard InChI is InChI=1S/C19H20ClN3O2/c20-17-5-7-21-10-18(17)25-16-3-1-14(2-4-16)19(24)22-15-9-13-6-8-23(11-13)12-15/h1-5,7,10,13,15H,6,8-9,11-12H2,(H,22,24)/t13-,15+/m0/s1. The molecule has 0 saturated carbocycles. The Morgan fingerprint density at radius 2 is 2.08 bits per heavy atom. The van der Waals surface area contributed by atoms with Gasteiger partial charge in [0.1, 0.15) is 5.75 Å². The fourth-order valence-corrected chi connectivity index (χ4v) is 3.82. The second-order valence-corrected chi connectivity index (χ2v) is 7.16. The molecular weight excluding hydrogens is 338 g/mol. The average molecular weight is 358 g/mol. The van der Waals surface area contributed by atoms with E-state index >= 15 is 0 Å². The number of benzene rings is 1. The summed E-state index contributed by atoms with van der Waals surface area (Å²) in [6, 6.07) is 9.00. The largest absolute Gasteiger partial charge is 0.454 e. The number of carbonyl (C=O) groups excluding carboxylic acids is 1. The summed E-state index contributed by atoms with van der Waals surface area (Å²) in [4.78, 5) is 18.9. The molecule has 2 aliphatic heterocycles. The molecule has 130 valence electrons. The summed E-state index contributed by atoms with van der Waals surface area (Å²) < 4.78 is 5.70. The van der Waals surface area contributed by atoms with E-state index in [9.17, 15) is 4.79 Å². The number of fused-ring (bicyclic) bond motifs is 2. The van der Waals surface area contributed by atoms with Crippen LogP contribution in [0.5, 0.6) is 11.5 Å². The number of halogens is 1. The molecule has 6 heteroatoms. The fraction of sp³-hybridized carbons (Fsp3) is 0.368. The van der Waals surface area contributed by atoms with Gasteiger partial charge in [0.25, 0.3) is 5.91 Å². The van der Waals surface area contributed by atoms with Crippen molar-refractivity contribution in [2.75, 3.05) is 19.6 Å². The minimum atomic E-state index is -0.0292. The summed E-state index contributed by atoms with van der Waals surface area (Å²) in [6.45, 7) is 3.32. The molecule has 4 rings (SSSR count). The van der Waals surface area contributed by atoms with Gasteiger partial charge >= 0.3 is 0 Å². The first-order chi connectivity index (χ1) is 12.2. The molecule has 1 aromatic heterocycles. The van der Waals surface area contributed by atoms with E-state index in [-0.39, 0.29) is 11.9 Å². The van der Waals surface area contributed by atoms with Crippen molar-refractivity contribution in [1.29, 1.82) is 0 Å². The van der Waals surface area contributed by atoms with Crippen LogP contribution in [0.3, 0.4) is 0 Å². The van der Waals surface area contributed by atoms with Crippen molar-refractivity contribution in [2.45, 2.75) is 18.9 Å². The van der Waals surface area contributed by atoms with Crippen LogP contribution >= 0.6 is 11.6 Å². The van der Waals surface area contributed by atoms with Gasteiger partial charge in [-0.05, 0) is 55.6 Å². The van der Waals surface area contributed by atoms with Crippen LogP contribution in [0.15, 0.2) is 42.7 Å². The number of pyridine rings is 1. The molecule has 1 amide bonds. The minimum Gasteiger partial charge on any atom is -0.454 e. The van der Waals surface area contributed by atoms with E-state index in [1.807, 2.05) is 0 Å². The van der Waals surface area contributed by atoms with Gasteiger partial charge in [0.2, 0.25) is 0 Å². The molecule has 0 aliphatic carbocycles. The Kier molecular flexibility index (Phi) is 4.59. The Hall–Kier alpha value is -2.11. The van der Waals surface area contributed by atoms with Crippen LogP contribution in [0.25, 0.3) is 0 Å². The van der Waals surface area contributed by atoms with Crippen molar-refractivity contribution in [3.05, 3.63) is 53.3 Å². The van der Waals surface area contributed by atoms with Crippen LogP contribution in [0.1, 0.15) is 23.2 Å². The molecular formula is C19H20ClN3O2. The maximum Gasteiger partial charge on any atom is 0.251 e. The number of hydrogen-bond donors (Lipinski definition) is 1. The zero-order chi connectivity index (χ0) is 17.2. The molecule has 2 aliphatic rings. The second-order valence-electron chi connectivity index (χ2n) is 6.75. The Morgan fingerprint density at radius 3 is 2.84 bits per heavy atom. The number of piperidine rings is 1. The quantitative estimate of drug-likeness (QED) is 0.911. The van der Waals surface area contributed by atoms with Crippen molar-refractivity contribution in [2.24, 2.45) is 5.92 Å². The zero-order valence-corrected chi connectivity index (χ0v) is 14.6. The molecule has 2 fully saturated rings. The number of carbonyl (C=O) groups is 1. The van der Waals surface area contributed by atoms with E-state index in [1.54, 1.807) is 42.7 Å². The molecule has 1 N–H and O–H groups in total. The molecule has 2 bridgehead atoms. The van der Waals surface area contributed by atoms with E-state index < -0.39 is 0 Å². The minimum absolute atomic E-state index is 0.0292. The molecule has 5 nitrogen and oxygen atoms in total. The lowest BCUT2D eigenvalue weighted by Gasteiger charge is -2.30. The molecule has 3 heterocycles. The third-order valence-corrected chi connectivity index (χ3v) is 5.19. The lowest BCUT2D eigenvalue weighted by atomic mass is 9.96. The summed E-state index contributed by atoms with van der Waals surface area (Å²) >= 11 is 6.06. The molecule has 2 aromatic rings. The number of nitrogens with one attached hydrogen (secondary N) is 1. The maximum absolute atomic E-state index is 12.5. The third kappa shape index (κ3) is 3.78. The summed E-state index contributed by atoms with van der Waals surface area (Å²) in [5, 5.41) is 3.66. The smallest absolute Gasteiger partial charge is 0.251 e. The first kappa shape index (κ1) is 16.4. The Bertz CT molecular complexity index is 754. The molecule has 1 unspecified atom stereocenters. The van der Waals surface area contributed by atoms with Crippen LogP contribution in [-0.2, 0) is 0 Å². The summed E-state index contributed by atoms with van der Waals surface area (Å²) in [7, 11) is 0. The molecule has 2 saturated heterocycles. The number of aromatic nitrogens is 1. The number of ether oxygens (including phenoxy) is 1. The molecule has 1 aromatic carbocycles. The van der Waals surface area contributed by atoms with Crippen molar-refractivity contribution in [3.8, 4) is 11.5 Å². The van der Waals surface area contributed by atoms with Gasteiger partial charge < -0.3 is 15.0 Å². The maximum atomic E-state index is 12.5. The second kappa shape index (κ2) is 7.02. The number of nitrogens with zero attached hydrogens (tertiary/aromatic N) is 2. The van der Waals surface area contributed by atoms with Crippen LogP contribution in [0.2, 0.25) is 5.02 Å². The summed E-state index contributed by atoms with van der Waals surface area (Å²) in [5.74, 6) is 1.82. The zero-order valence-electron chi connectivity index (χ0n) is 13.8. The monoisotopic (exact) mass is 357 g/mol. The van der Waals surface area contributed by atoms with Gasteiger partial charge in [-0.15, -0.1) is 0 Å². The Labute approximate surface area is 152 Å². The van der Waals surface area contributed by atoms with Gasteiger partial charge in [-0.25, -0.2) is 0 Å². The predicted octanol–water partition coefficient (Wildman–Crippen LogP) is 3.35. The Morgan fingerprint density at radius 1 is 1.24 bits per heavy atom. The van der Waals surface area contributed by atoms with Crippen molar-refractivity contribution < 1.29 is 9.53 Å². The first-order valence-electron chi connectivity index (χ1n) is 8.58. The van der Waals surface area contributed by atoms with Gasteiger partial charge in [-0.3, -0.25) is 9.78 Å². The van der Waals surface area contributed by atoms with Crippen molar-refractivity contribution in [3.63, 3.8) is 0 Å².